The number of hydrogen-bond acceptors (Lipinski definition) is 5. The van der Waals surface area contributed by atoms with E-state index >= 15 is 0 Å². The number of esters is 1. The number of ether oxygens (including phenoxy) is 2. The van der Waals surface area contributed by atoms with Crippen molar-refractivity contribution in [2.75, 3.05) is 6.73 Å². The first-order valence-electron chi connectivity index (χ1n) is 6.00. The van der Waals surface area contributed by atoms with Crippen LogP contribution < -0.4 is 5.73 Å². The topological polar surface area (TPSA) is 98.9 Å². The Morgan fingerprint density at radius 2 is 2.05 bits per heavy atom. The van der Waals surface area contributed by atoms with Crippen LogP contribution in [-0.2, 0) is 25.7 Å². The fraction of sp³-hybridized carbons (Fsp3) is 0.308. The maximum absolute atomic E-state index is 11.9. The molecule has 0 aliphatic carbocycles. The number of rotatable bonds is 4. The molecule has 0 spiro atoms. The predicted molar refractivity (Wildman–Crippen MR) is 67.0 cm³/mol. The molecule has 0 radical (unpaired) electrons. The van der Waals surface area contributed by atoms with Crippen LogP contribution in [0.15, 0.2) is 30.3 Å². The van der Waals surface area contributed by atoms with Crippen LogP contribution in [0.3, 0.4) is 0 Å². The van der Waals surface area contributed by atoms with Gasteiger partial charge in [0.05, 0.1) is 6.42 Å². The van der Waals surface area contributed by atoms with Crippen molar-refractivity contribution in [2.45, 2.75) is 19.1 Å². The van der Waals surface area contributed by atoms with Gasteiger partial charge in [-0.15, -0.1) is 0 Å². The number of carbonyl (C=O) groups excluding carboxylic acids is 3. The molecule has 7 nitrogen and oxygen atoms in total. The summed E-state index contributed by atoms with van der Waals surface area (Å²) >= 11 is 0. The number of hydrogen-bond donors (Lipinski definition) is 1. The van der Waals surface area contributed by atoms with Crippen molar-refractivity contribution >= 4 is 18.0 Å². The summed E-state index contributed by atoms with van der Waals surface area (Å²) < 4.78 is 9.81. The summed E-state index contributed by atoms with van der Waals surface area (Å²) in [6, 6.07) is 8.10. The fourth-order valence-electron chi connectivity index (χ4n) is 1.81. The summed E-state index contributed by atoms with van der Waals surface area (Å²) in [5.41, 5.74) is 5.85. The van der Waals surface area contributed by atoms with Crippen molar-refractivity contribution in [1.29, 1.82) is 0 Å². The molecular weight excluding hydrogens is 264 g/mol. The smallest absolute Gasteiger partial charge is 0.413 e. The van der Waals surface area contributed by atoms with Crippen LogP contribution in [-0.4, -0.2) is 35.6 Å². The molecule has 0 unspecified atom stereocenters. The van der Waals surface area contributed by atoms with E-state index < -0.39 is 24.0 Å². The molecule has 0 saturated carbocycles. The van der Waals surface area contributed by atoms with Gasteiger partial charge in [-0.1, -0.05) is 30.3 Å². The minimum absolute atomic E-state index is 0.0770. The highest BCUT2D eigenvalue weighted by Gasteiger charge is 2.39. The Labute approximate surface area is 115 Å². The second-order valence-electron chi connectivity index (χ2n) is 4.29. The van der Waals surface area contributed by atoms with Gasteiger partial charge >= 0.3 is 12.1 Å². The number of amides is 2. The van der Waals surface area contributed by atoms with Gasteiger partial charge in [0.25, 0.3) is 0 Å². The van der Waals surface area contributed by atoms with Gasteiger partial charge < -0.3 is 15.2 Å². The van der Waals surface area contributed by atoms with Crippen molar-refractivity contribution in [1.82, 2.24) is 4.90 Å². The number of nitrogens with zero attached hydrogens (tertiary/aromatic N) is 1. The van der Waals surface area contributed by atoms with Crippen molar-refractivity contribution in [3.63, 3.8) is 0 Å². The standard InChI is InChI=1S/C13H14N2O5/c14-11(16)6-10-12(17)20-8-15(10)13(18)19-7-9-4-2-1-3-5-9/h1-5,10H,6-8H2,(H2,14,16)/t10-/m0/s1. The Balaban J connectivity index is 1.94. The average Bonchev–Trinajstić information content (AvgIpc) is 2.78. The van der Waals surface area contributed by atoms with Gasteiger partial charge in [0.15, 0.2) is 6.73 Å². The number of cyclic esters (lactones) is 1. The first-order chi connectivity index (χ1) is 9.58. The monoisotopic (exact) mass is 278 g/mol. The molecule has 1 aromatic rings. The van der Waals surface area contributed by atoms with Crippen LogP contribution in [0.2, 0.25) is 0 Å². The number of primary amides is 1. The predicted octanol–water partition coefficient (Wildman–Crippen LogP) is 0.383. The van der Waals surface area contributed by atoms with Gasteiger partial charge in [0, 0.05) is 0 Å². The highest BCUT2D eigenvalue weighted by molar-refractivity contribution is 5.89. The molecule has 1 aromatic carbocycles. The summed E-state index contributed by atoms with van der Waals surface area (Å²) in [6.45, 7) is -0.155. The van der Waals surface area contributed by atoms with E-state index in [9.17, 15) is 14.4 Å². The Bertz CT molecular complexity index is 517. The summed E-state index contributed by atoms with van der Waals surface area (Å²) in [5.74, 6) is -1.34. The van der Waals surface area contributed by atoms with Crippen LogP contribution in [0, 0.1) is 0 Å². The van der Waals surface area contributed by atoms with Gasteiger partial charge in [-0.3, -0.25) is 9.69 Å². The minimum atomic E-state index is -1.00. The van der Waals surface area contributed by atoms with E-state index in [1.807, 2.05) is 18.2 Å². The molecule has 0 aromatic heterocycles. The second-order valence-corrected chi connectivity index (χ2v) is 4.29. The summed E-state index contributed by atoms with van der Waals surface area (Å²) in [6.07, 6.45) is -0.995. The maximum Gasteiger partial charge on any atom is 0.413 e. The van der Waals surface area contributed by atoms with Crippen LogP contribution in [0.25, 0.3) is 0 Å². The Kier molecular flexibility index (Phi) is 4.19. The third-order valence-corrected chi connectivity index (χ3v) is 2.83. The zero-order valence-corrected chi connectivity index (χ0v) is 10.7. The molecule has 2 amide bonds. The third kappa shape index (κ3) is 3.25. The summed E-state index contributed by atoms with van der Waals surface area (Å²) in [7, 11) is 0. The van der Waals surface area contributed by atoms with E-state index in [1.165, 1.54) is 0 Å². The van der Waals surface area contributed by atoms with E-state index in [2.05, 4.69) is 0 Å². The summed E-state index contributed by atoms with van der Waals surface area (Å²) in [5, 5.41) is 0. The van der Waals surface area contributed by atoms with E-state index in [1.54, 1.807) is 12.1 Å². The quantitative estimate of drug-likeness (QED) is 0.803. The normalized spacial score (nSPS) is 17.7. The lowest BCUT2D eigenvalue weighted by Crippen LogP contribution is -2.40. The molecule has 20 heavy (non-hydrogen) atoms. The molecule has 0 bridgehead atoms. The van der Waals surface area contributed by atoms with Gasteiger partial charge in [0.2, 0.25) is 5.91 Å². The number of nitrogens with two attached hydrogens (primary N) is 1. The van der Waals surface area contributed by atoms with Gasteiger partial charge in [-0.2, -0.15) is 0 Å². The molecule has 106 valence electrons. The van der Waals surface area contributed by atoms with E-state index in [-0.39, 0.29) is 19.8 Å². The molecule has 1 fully saturated rings. The zero-order chi connectivity index (χ0) is 14.5. The molecular formula is C13H14N2O5. The highest BCUT2D eigenvalue weighted by Crippen LogP contribution is 2.16. The number of benzene rings is 1. The largest absolute Gasteiger partial charge is 0.444 e. The Morgan fingerprint density at radius 3 is 2.70 bits per heavy atom. The first-order valence-corrected chi connectivity index (χ1v) is 6.00. The van der Waals surface area contributed by atoms with E-state index in [0.717, 1.165) is 10.5 Å². The molecule has 1 aliphatic heterocycles. The average molecular weight is 278 g/mol. The molecule has 1 saturated heterocycles. The first kappa shape index (κ1) is 13.9. The third-order valence-electron chi connectivity index (χ3n) is 2.83. The second kappa shape index (κ2) is 6.05. The molecule has 2 N–H and O–H groups in total. The zero-order valence-electron chi connectivity index (χ0n) is 10.7. The van der Waals surface area contributed by atoms with E-state index in [0.29, 0.717) is 0 Å². The van der Waals surface area contributed by atoms with Crippen LogP contribution in [0.1, 0.15) is 12.0 Å². The molecule has 1 aliphatic rings. The fourth-order valence-corrected chi connectivity index (χ4v) is 1.81. The van der Waals surface area contributed by atoms with Crippen LogP contribution >= 0.6 is 0 Å². The van der Waals surface area contributed by atoms with Gasteiger partial charge in [-0.05, 0) is 5.56 Å². The van der Waals surface area contributed by atoms with Crippen molar-refractivity contribution < 1.29 is 23.9 Å². The van der Waals surface area contributed by atoms with Crippen molar-refractivity contribution in [2.24, 2.45) is 5.73 Å². The minimum Gasteiger partial charge on any atom is -0.444 e. The number of carbonyl (C=O) groups is 3. The molecule has 1 atom stereocenters. The summed E-state index contributed by atoms with van der Waals surface area (Å²) in [4.78, 5) is 35.2. The Morgan fingerprint density at radius 1 is 1.35 bits per heavy atom. The van der Waals surface area contributed by atoms with E-state index in [4.69, 9.17) is 15.2 Å². The highest BCUT2D eigenvalue weighted by atomic mass is 16.6. The lowest BCUT2D eigenvalue weighted by atomic mass is 10.2. The Hall–Kier alpha value is -2.57. The SMILES string of the molecule is NC(=O)C[C@H]1C(=O)OCN1C(=O)OCc1ccccc1. The van der Waals surface area contributed by atoms with Gasteiger partial charge in [-0.25, -0.2) is 9.59 Å². The lowest BCUT2D eigenvalue weighted by Gasteiger charge is -2.18. The van der Waals surface area contributed by atoms with Crippen molar-refractivity contribution in [3.05, 3.63) is 35.9 Å². The van der Waals surface area contributed by atoms with Gasteiger partial charge in [0.1, 0.15) is 12.6 Å². The van der Waals surface area contributed by atoms with Crippen LogP contribution in [0.5, 0.6) is 0 Å². The lowest BCUT2D eigenvalue weighted by molar-refractivity contribution is -0.140. The molecule has 2 rings (SSSR count). The maximum atomic E-state index is 11.9. The van der Waals surface area contributed by atoms with Crippen molar-refractivity contribution in [3.8, 4) is 0 Å². The molecule has 7 heteroatoms. The molecule has 1 heterocycles. The van der Waals surface area contributed by atoms with Crippen LogP contribution in [0.4, 0.5) is 4.79 Å².